The Hall–Kier alpha value is -3.40. The molecule has 2 rings (SSSR count). The molecule has 0 aliphatic carbocycles. The van der Waals surface area contributed by atoms with Crippen LogP contribution < -0.4 is 10.6 Å². The predicted molar refractivity (Wildman–Crippen MR) is 92.8 cm³/mol. The zero-order chi connectivity index (χ0) is 18.9. The van der Waals surface area contributed by atoms with E-state index < -0.39 is 17.6 Å². The molecule has 2 aromatic rings. The Bertz CT molecular complexity index is 816. The van der Waals surface area contributed by atoms with E-state index in [1.807, 2.05) is 6.07 Å². The van der Waals surface area contributed by atoms with Crippen LogP contribution in [0.25, 0.3) is 0 Å². The van der Waals surface area contributed by atoms with Gasteiger partial charge in [0.15, 0.2) is 0 Å². The monoisotopic (exact) mass is 355 g/mol. The van der Waals surface area contributed by atoms with Crippen LogP contribution in [0.3, 0.4) is 0 Å². The summed E-state index contributed by atoms with van der Waals surface area (Å²) < 4.78 is 13.7. The summed E-state index contributed by atoms with van der Waals surface area (Å²) >= 11 is 0. The summed E-state index contributed by atoms with van der Waals surface area (Å²) in [6, 6.07) is 13.5. The molecule has 0 aliphatic rings. The highest BCUT2D eigenvalue weighted by Crippen LogP contribution is 2.19. The van der Waals surface area contributed by atoms with Crippen molar-refractivity contribution in [3.8, 4) is 11.8 Å². The third-order valence-electron chi connectivity index (χ3n) is 3.73. The lowest BCUT2D eigenvalue weighted by molar-refractivity contribution is -0.122. The van der Waals surface area contributed by atoms with Gasteiger partial charge < -0.3 is 15.7 Å². The number of phenolic OH excluding ortho intramolecular Hbond substituents is 1. The fourth-order valence-corrected chi connectivity index (χ4v) is 2.37. The second-order valence-electron chi connectivity index (χ2n) is 5.53. The van der Waals surface area contributed by atoms with E-state index in [9.17, 15) is 19.1 Å². The van der Waals surface area contributed by atoms with Gasteiger partial charge in [-0.05, 0) is 29.8 Å². The van der Waals surface area contributed by atoms with E-state index in [0.717, 1.165) is 0 Å². The van der Waals surface area contributed by atoms with Crippen LogP contribution in [0.2, 0.25) is 0 Å². The SMILES string of the molecule is N#CCCNC(=O)C(CNC(=O)c1ccccc1F)c1ccc(O)cc1. The van der Waals surface area contributed by atoms with Gasteiger partial charge in [-0.15, -0.1) is 0 Å². The van der Waals surface area contributed by atoms with E-state index in [-0.39, 0.29) is 36.7 Å². The molecule has 6 nitrogen and oxygen atoms in total. The molecule has 134 valence electrons. The van der Waals surface area contributed by atoms with Crippen LogP contribution in [0.1, 0.15) is 28.3 Å². The van der Waals surface area contributed by atoms with E-state index in [0.29, 0.717) is 5.56 Å². The Morgan fingerprint density at radius 1 is 1.12 bits per heavy atom. The van der Waals surface area contributed by atoms with Crippen molar-refractivity contribution in [2.45, 2.75) is 12.3 Å². The summed E-state index contributed by atoms with van der Waals surface area (Å²) in [5.74, 6) is -2.35. The summed E-state index contributed by atoms with van der Waals surface area (Å²) in [5, 5.41) is 23.2. The van der Waals surface area contributed by atoms with Crippen LogP contribution in [-0.2, 0) is 4.79 Å². The highest BCUT2D eigenvalue weighted by atomic mass is 19.1. The van der Waals surface area contributed by atoms with E-state index in [1.165, 1.54) is 30.3 Å². The normalized spacial score (nSPS) is 11.2. The van der Waals surface area contributed by atoms with Crippen LogP contribution in [0, 0.1) is 17.1 Å². The van der Waals surface area contributed by atoms with Crippen LogP contribution in [0.15, 0.2) is 48.5 Å². The third-order valence-corrected chi connectivity index (χ3v) is 3.73. The molecular formula is C19H18FN3O3. The number of carbonyl (C=O) groups is 2. The minimum Gasteiger partial charge on any atom is -0.508 e. The van der Waals surface area contributed by atoms with Gasteiger partial charge in [-0.2, -0.15) is 5.26 Å². The van der Waals surface area contributed by atoms with Crippen molar-refractivity contribution in [1.82, 2.24) is 10.6 Å². The lowest BCUT2D eigenvalue weighted by Gasteiger charge is -2.18. The molecule has 26 heavy (non-hydrogen) atoms. The number of hydrogen-bond acceptors (Lipinski definition) is 4. The lowest BCUT2D eigenvalue weighted by Crippen LogP contribution is -2.38. The zero-order valence-corrected chi connectivity index (χ0v) is 13.9. The second-order valence-corrected chi connectivity index (χ2v) is 5.53. The van der Waals surface area contributed by atoms with E-state index in [1.54, 1.807) is 18.2 Å². The smallest absolute Gasteiger partial charge is 0.254 e. The highest BCUT2D eigenvalue weighted by molar-refractivity contribution is 5.95. The van der Waals surface area contributed by atoms with Crippen LogP contribution in [0.5, 0.6) is 5.75 Å². The number of halogens is 1. The van der Waals surface area contributed by atoms with Crippen molar-refractivity contribution in [3.63, 3.8) is 0 Å². The quantitative estimate of drug-likeness (QED) is 0.662. The molecular weight excluding hydrogens is 337 g/mol. The first-order valence-corrected chi connectivity index (χ1v) is 7.99. The van der Waals surface area contributed by atoms with Gasteiger partial charge in [0.2, 0.25) is 5.91 Å². The van der Waals surface area contributed by atoms with Gasteiger partial charge in [0.25, 0.3) is 5.91 Å². The number of phenols is 1. The maximum atomic E-state index is 13.7. The summed E-state index contributed by atoms with van der Waals surface area (Å²) in [4.78, 5) is 24.6. The first-order chi connectivity index (χ1) is 12.5. The molecule has 0 aliphatic heterocycles. The number of aromatic hydroxyl groups is 1. The van der Waals surface area contributed by atoms with E-state index in [4.69, 9.17) is 5.26 Å². The second kappa shape index (κ2) is 9.18. The number of nitrogens with zero attached hydrogens (tertiary/aromatic N) is 1. The average Bonchev–Trinajstić information content (AvgIpc) is 2.63. The van der Waals surface area contributed by atoms with Gasteiger partial charge in [-0.1, -0.05) is 24.3 Å². The fourth-order valence-electron chi connectivity index (χ4n) is 2.37. The van der Waals surface area contributed by atoms with Gasteiger partial charge >= 0.3 is 0 Å². The summed E-state index contributed by atoms with van der Waals surface area (Å²) in [7, 11) is 0. The van der Waals surface area contributed by atoms with Crippen LogP contribution in [-0.4, -0.2) is 30.0 Å². The Morgan fingerprint density at radius 2 is 1.81 bits per heavy atom. The number of nitriles is 1. The van der Waals surface area contributed by atoms with Crippen LogP contribution >= 0.6 is 0 Å². The first kappa shape index (κ1) is 18.9. The predicted octanol–water partition coefficient (Wildman–Crippen LogP) is 2.07. The molecule has 0 saturated carbocycles. The van der Waals surface area contributed by atoms with Gasteiger partial charge in [0, 0.05) is 13.1 Å². The highest BCUT2D eigenvalue weighted by Gasteiger charge is 2.22. The Labute approximate surface area is 150 Å². The number of hydrogen-bond donors (Lipinski definition) is 3. The summed E-state index contributed by atoms with van der Waals surface area (Å²) in [5.41, 5.74) is 0.466. The molecule has 3 N–H and O–H groups in total. The molecule has 0 heterocycles. The van der Waals surface area contributed by atoms with Crippen molar-refractivity contribution in [3.05, 3.63) is 65.5 Å². The fraction of sp³-hybridized carbons (Fsp3) is 0.211. The molecule has 2 aromatic carbocycles. The lowest BCUT2D eigenvalue weighted by atomic mass is 9.97. The van der Waals surface area contributed by atoms with Gasteiger partial charge in [-0.25, -0.2) is 4.39 Å². The molecule has 0 spiro atoms. The molecule has 7 heteroatoms. The molecule has 1 atom stereocenters. The molecule has 0 radical (unpaired) electrons. The average molecular weight is 355 g/mol. The molecule has 0 fully saturated rings. The van der Waals surface area contributed by atoms with Crippen molar-refractivity contribution < 1.29 is 19.1 Å². The molecule has 2 amide bonds. The maximum Gasteiger partial charge on any atom is 0.254 e. The first-order valence-electron chi connectivity index (χ1n) is 7.99. The number of nitrogens with one attached hydrogen (secondary N) is 2. The van der Waals surface area contributed by atoms with Crippen molar-refractivity contribution >= 4 is 11.8 Å². The van der Waals surface area contributed by atoms with Crippen molar-refractivity contribution in [1.29, 1.82) is 5.26 Å². The topological polar surface area (TPSA) is 102 Å². The number of benzene rings is 2. The van der Waals surface area contributed by atoms with Crippen molar-refractivity contribution in [2.75, 3.05) is 13.1 Å². The summed E-state index contributed by atoms with van der Waals surface area (Å²) in [6.45, 7) is 0.126. The Morgan fingerprint density at radius 3 is 2.46 bits per heavy atom. The van der Waals surface area contributed by atoms with Crippen LogP contribution in [0.4, 0.5) is 4.39 Å². The molecule has 0 bridgehead atoms. The Kier molecular flexibility index (Phi) is 6.68. The molecule has 0 saturated heterocycles. The summed E-state index contributed by atoms with van der Waals surface area (Å²) in [6.07, 6.45) is 0.162. The largest absolute Gasteiger partial charge is 0.508 e. The van der Waals surface area contributed by atoms with Crippen molar-refractivity contribution in [2.24, 2.45) is 0 Å². The van der Waals surface area contributed by atoms with Gasteiger partial charge in [0.05, 0.1) is 24.0 Å². The maximum absolute atomic E-state index is 13.7. The Balaban J connectivity index is 2.12. The minimum atomic E-state index is -0.745. The standard InChI is InChI=1S/C19H18FN3O3/c20-17-5-2-1-4-15(17)18(25)23-12-16(19(26)22-11-3-10-21)13-6-8-14(24)9-7-13/h1-2,4-9,16,24H,3,11-12H2,(H,22,26)(H,23,25). The van der Waals surface area contributed by atoms with E-state index >= 15 is 0 Å². The van der Waals surface area contributed by atoms with Gasteiger partial charge in [-0.3, -0.25) is 9.59 Å². The molecule has 0 aromatic heterocycles. The number of rotatable bonds is 7. The molecule has 1 unspecified atom stereocenters. The number of carbonyl (C=O) groups excluding carboxylic acids is 2. The third kappa shape index (κ3) is 5.05. The minimum absolute atomic E-state index is 0.0489. The van der Waals surface area contributed by atoms with E-state index in [2.05, 4.69) is 10.6 Å². The number of amides is 2. The zero-order valence-electron chi connectivity index (χ0n) is 13.9. The van der Waals surface area contributed by atoms with Gasteiger partial charge in [0.1, 0.15) is 11.6 Å².